The van der Waals surface area contributed by atoms with Gasteiger partial charge in [0.2, 0.25) is 5.91 Å². The van der Waals surface area contributed by atoms with Gasteiger partial charge < -0.3 is 10.6 Å². The van der Waals surface area contributed by atoms with E-state index in [1.165, 1.54) is 77.0 Å². The number of primary amides is 1. The van der Waals surface area contributed by atoms with Crippen LogP contribution in [0.25, 0.3) is 0 Å². The molecular weight excluding hydrogens is 296 g/mol. The summed E-state index contributed by atoms with van der Waals surface area (Å²) in [6.07, 6.45) is 16.7. The highest BCUT2D eigenvalue weighted by Gasteiger charge is 2.08. The molecule has 0 saturated carbocycles. The second kappa shape index (κ2) is 17.0. The molecule has 0 atom stereocenters. The van der Waals surface area contributed by atoms with E-state index in [-0.39, 0.29) is 5.91 Å². The minimum Gasteiger partial charge on any atom is -0.366 e. The van der Waals surface area contributed by atoms with Gasteiger partial charge in [-0.3, -0.25) is 4.79 Å². The van der Waals surface area contributed by atoms with Crippen LogP contribution in [0, 0.1) is 0 Å². The van der Waals surface area contributed by atoms with Crippen LogP contribution in [0.4, 0.5) is 0 Å². The SMILES string of the molecule is C=C(CCN(CCCCCCCC)CCCCCCCC)C(N)=O. The highest BCUT2D eigenvalue weighted by molar-refractivity contribution is 5.91. The first-order chi connectivity index (χ1) is 11.6. The molecule has 0 aliphatic heterocycles. The van der Waals surface area contributed by atoms with Gasteiger partial charge in [-0.05, 0) is 32.4 Å². The molecule has 0 radical (unpaired) electrons. The van der Waals surface area contributed by atoms with Crippen LogP contribution in [-0.2, 0) is 4.79 Å². The fourth-order valence-electron chi connectivity index (χ4n) is 2.98. The molecule has 1 amide bonds. The highest BCUT2D eigenvalue weighted by Crippen LogP contribution is 2.10. The normalized spacial score (nSPS) is 11.1. The molecule has 3 heteroatoms. The molecule has 0 aromatic rings. The van der Waals surface area contributed by atoms with Crippen molar-refractivity contribution in [3.8, 4) is 0 Å². The van der Waals surface area contributed by atoms with Gasteiger partial charge in [0.05, 0.1) is 0 Å². The number of nitrogens with two attached hydrogens (primary N) is 1. The topological polar surface area (TPSA) is 46.3 Å². The van der Waals surface area contributed by atoms with E-state index in [4.69, 9.17) is 5.73 Å². The number of carbonyl (C=O) groups is 1. The second-order valence-corrected chi connectivity index (χ2v) is 7.09. The number of rotatable bonds is 18. The van der Waals surface area contributed by atoms with Crippen molar-refractivity contribution in [2.45, 2.75) is 97.3 Å². The third-order valence-corrected chi connectivity index (χ3v) is 4.73. The molecule has 0 aromatic carbocycles. The average molecular weight is 339 g/mol. The molecule has 0 bridgehead atoms. The van der Waals surface area contributed by atoms with E-state index >= 15 is 0 Å². The summed E-state index contributed by atoms with van der Waals surface area (Å²) < 4.78 is 0. The lowest BCUT2D eigenvalue weighted by Crippen LogP contribution is -2.29. The van der Waals surface area contributed by atoms with Gasteiger partial charge in [0.25, 0.3) is 0 Å². The predicted octanol–water partition coefficient (Wildman–Crippen LogP) is 5.44. The van der Waals surface area contributed by atoms with Crippen molar-refractivity contribution in [1.82, 2.24) is 4.90 Å². The molecule has 3 nitrogen and oxygen atoms in total. The van der Waals surface area contributed by atoms with Crippen LogP contribution in [0.15, 0.2) is 12.2 Å². The van der Waals surface area contributed by atoms with Crippen LogP contribution in [0.2, 0.25) is 0 Å². The smallest absolute Gasteiger partial charge is 0.244 e. The Morgan fingerprint density at radius 1 is 0.750 bits per heavy atom. The Balaban J connectivity index is 3.95. The molecule has 0 fully saturated rings. The fourth-order valence-corrected chi connectivity index (χ4v) is 2.98. The molecule has 0 saturated heterocycles. The van der Waals surface area contributed by atoms with Gasteiger partial charge in [-0.25, -0.2) is 0 Å². The summed E-state index contributed by atoms with van der Waals surface area (Å²) in [5.74, 6) is -0.353. The second-order valence-electron chi connectivity index (χ2n) is 7.09. The zero-order valence-corrected chi connectivity index (χ0v) is 16.5. The van der Waals surface area contributed by atoms with Crippen LogP contribution in [0.5, 0.6) is 0 Å². The Kier molecular flexibility index (Phi) is 16.4. The van der Waals surface area contributed by atoms with E-state index in [9.17, 15) is 4.79 Å². The van der Waals surface area contributed by atoms with E-state index in [2.05, 4.69) is 25.3 Å². The standard InChI is InChI=1S/C21H42N2O/c1-4-6-8-10-12-14-17-23(19-16-20(3)21(22)24)18-15-13-11-9-7-5-2/h3-19H2,1-2H3,(H2,22,24). The maximum absolute atomic E-state index is 11.1. The summed E-state index contributed by atoms with van der Waals surface area (Å²) in [6, 6.07) is 0. The third kappa shape index (κ3) is 14.7. The Hall–Kier alpha value is -0.830. The average Bonchev–Trinajstić information content (AvgIpc) is 2.57. The van der Waals surface area contributed by atoms with Crippen LogP contribution < -0.4 is 5.73 Å². The van der Waals surface area contributed by atoms with Crippen molar-refractivity contribution in [3.63, 3.8) is 0 Å². The molecule has 0 aromatic heterocycles. The van der Waals surface area contributed by atoms with E-state index in [0.717, 1.165) is 19.6 Å². The Labute approximate surface area is 151 Å². The first-order valence-corrected chi connectivity index (χ1v) is 10.3. The lowest BCUT2D eigenvalue weighted by molar-refractivity contribution is -0.114. The molecule has 0 rings (SSSR count). The number of hydrogen-bond donors (Lipinski definition) is 1. The predicted molar refractivity (Wildman–Crippen MR) is 106 cm³/mol. The van der Waals surface area contributed by atoms with Crippen LogP contribution in [0.1, 0.15) is 97.3 Å². The van der Waals surface area contributed by atoms with Crippen LogP contribution in [0.3, 0.4) is 0 Å². The number of hydrogen-bond acceptors (Lipinski definition) is 2. The molecule has 24 heavy (non-hydrogen) atoms. The van der Waals surface area contributed by atoms with Crippen molar-refractivity contribution in [1.29, 1.82) is 0 Å². The summed E-state index contributed by atoms with van der Waals surface area (Å²) in [5.41, 5.74) is 5.86. The summed E-state index contributed by atoms with van der Waals surface area (Å²) >= 11 is 0. The maximum Gasteiger partial charge on any atom is 0.244 e. The van der Waals surface area contributed by atoms with Gasteiger partial charge in [-0.15, -0.1) is 0 Å². The number of amides is 1. The van der Waals surface area contributed by atoms with Crippen LogP contribution in [-0.4, -0.2) is 30.4 Å². The maximum atomic E-state index is 11.1. The molecule has 142 valence electrons. The zero-order chi connectivity index (χ0) is 18.0. The third-order valence-electron chi connectivity index (χ3n) is 4.73. The summed E-state index contributed by atoms with van der Waals surface area (Å²) in [4.78, 5) is 13.6. The first kappa shape index (κ1) is 23.2. The van der Waals surface area contributed by atoms with E-state index in [1.54, 1.807) is 0 Å². The molecule has 2 N–H and O–H groups in total. The monoisotopic (exact) mass is 338 g/mol. The summed E-state index contributed by atoms with van der Waals surface area (Å²) in [5, 5.41) is 0. The van der Waals surface area contributed by atoms with Crippen molar-refractivity contribution >= 4 is 5.91 Å². The largest absolute Gasteiger partial charge is 0.366 e. The molecule has 0 unspecified atom stereocenters. The van der Waals surface area contributed by atoms with E-state index in [0.29, 0.717) is 12.0 Å². The Morgan fingerprint density at radius 2 is 1.17 bits per heavy atom. The van der Waals surface area contributed by atoms with Gasteiger partial charge >= 0.3 is 0 Å². The lowest BCUT2D eigenvalue weighted by Gasteiger charge is -2.22. The van der Waals surface area contributed by atoms with Gasteiger partial charge in [0.1, 0.15) is 0 Å². The van der Waals surface area contributed by atoms with Crippen molar-refractivity contribution in [3.05, 3.63) is 12.2 Å². The van der Waals surface area contributed by atoms with Gasteiger partial charge in [-0.1, -0.05) is 84.6 Å². The van der Waals surface area contributed by atoms with E-state index in [1.807, 2.05) is 0 Å². The first-order valence-electron chi connectivity index (χ1n) is 10.3. The number of nitrogens with zero attached hydrogens (tertiary/aromatic N) is 1. The van der Waals surface area contributed by atoms with Crippen LogP contribution >= 0.6 is 0 Å². The minimum atomic E-state index is -0.353. The number of carbonyl (C=O) groups excluding carboxylic acids is 1. The summed E-state index contributed by atoms with van der Waals surface area (Å²) in [6.45, 7) is 11.5. The van der Waals surface area contributed by atoms with Crippen molar-refractivity contribution < 1.29 is 4.79 Å². The molecule has 0 aliphatic rings. The quantitative estimate of drug-likeness (QED) is 0.267. The fraction of sp³-hybridized carbons (Fsp3) is 0.857. The van der Waals surface area contributed by atoms with E-state index < -0.39 is 0 Å². The highest BCUT2D eigenvalue weighted by atomic mass is 16.1. The van der Waals surface area contributed by atoms with Crippen molar-refractivity contribution in [2.24, 2.45) is 5.73 Å². The molecule has 0 aliphatic carbocycles. The van der Waals surface area contributed by atoms with Gasteiger partial charge in [0.15, 0.2) is 0 Å². The molecule has 0 heterocycles. The Bertz CT molecular complexity index is 299. The summed E-state index contributed by atoms with van der Waals surface area (Å²) in [7, 11) is 0. The zero-order valence-electron chi connectivity index (χ0n) is 16.5. The van der Waals surface area contributed by atoms with Gasteiger partial charge in [0, 0.05) is 12.1 Å². The molecule has 0 spiro atoms. The number of unbranched alkanes of at least 4 members (excludes halogenated alkanes) is 10. The minimum absolute atomic E-state index is 0.353. The molecular formula is C21H42N2O. The Morgan fingerprint density at radius 3 is 1.58 bits per heavy atom. The van der Waals surface area contributed by atoms with Crippen molar-refractivity contribution in [2.75, 3.05) is 19.6 Å². The van der Waals surface area contributed by atoms with Gasteiger partial charge in [-0.2, -0.15) is 0 Å². The lowest BCUT2D eigenvalue weighted by atomic mass is 10.1.